The highest BCUT2D eigenvalue weighted by atomic mass is 15.1. The lowest BCUT2D eigenvalue weighted by Gasteiger charge is -2.12. The summed E-state index contributed by atoms with van der Waals surface area (Å²) in [5, 5.41) is 6.69. The largest absolute Gasteiger partial charge is 0.370 e. The van der Waals surface area contributed by atoms with Crippen LogP contribution in [0.2, 0.25) is 0 Å². The van der Waals surface area contributed by atoms with Gasteiger partial charge in [0.1, 0.15) is 17.5 Å². The van der Waals surface area contributed by atoms with E-state index in [0.29, 0.717) is 11.8 Å². The lowest BCUT2D eigenvalue weighted by atomic mass is 10.1. The molecule has 0 saturated heterocycles. The minimum Gasteiger partial charge on any atom is -0.370 e. The number of hydrogen-bond acceptors (Lipinski definition) is 4. The molecule has 1 aromatic heterocycles. The Morgan fingerprint density at radius 3 is 2.17 bits per heavy atom. The average Bonchev–Trinajstić information content (AvgIpc) is 2.25. The molecule has 0 aliphatic heterocycles. The van der Waals surface area contributed by atoms with E-state index < -0.39 is 0 Å². The molecule has 18 heavy (non-hydrogen) atoms. The molecule has 0 unspecified atom stereocenters. The van der Waals surface area contributed by atoms with Crippen molar-refractivity contribution in [2.45, 2.75) is 41.0 Å². The summed E-state index contributed by atoms with van der Waals surface area (Å²) in [4.78, 5) is 8.78. The number of aromatic nitrogens is 2. The minimum atomic E-state index is 0.609. The van der Waals surface area contributed by atoms with Crippen LogP contribution in [0.4, 0.5) is 11.6 Å². The van der Waals surface area contributed by atoms with Gasteiger partial charge in [-0.2, -0.15) is 0 Å². The average molecular weight is 250 g/mol. The van der Waals surface area contributed by atoms with Crippen LogP contribution in [0.3, 0.4) is 0 Å². The van der Waals surface area contributed by atoms with E-state index in [1.807, 2.05) is 13.0 Å². The van der Waals surface area contributed by atoms with Gasteiger partial charge in [-0.05, 0) is 25.2 Å². The van der Waals surface area contributed by atoms with Crippen LogP contribution in [0.1, 0.15) is 39.9 Å². The van der Waals surface area contributed by atoms with Gasteiger partial charge in [0.15, 0.2) is 0 Å². The molecule has 0 aliphatic rings. The first-order valence-electron chi connectivity index (χ1n) is 6.80. The van der Waals surface area contributed by atoms with Crippen molar-refractivity contribution >= 4 is 11.6 Å². The van der Waals surface area contributed by atoms with Crippen molar-refractivity contribution in [3.63, 3.8) is 0 Å². The van der Waals surface area contributed by atoms with Crippen LogP contribution < -0.4 is 10.6 Å². The molecule has 0 atom stereocenters. The molecule has 0 aliphatic carbocycles. The van der Waals surface area contributed by atoms with Crippen LogP contribution in [-0.4, -0.2) is 23.1 Å². The van der Waals surface area contributed by atoms with E-state index in [-0.39, 0.29) is 0 Å². The summed E-state index contributed by atoms with van der Waals surface area (Å²) in [6.07, 6.45) is 1.15. The molecule has 2 N–H and O–H groups in total. The van der Waals surface area contributed by atoms with Gasteiger partial charge in [0.05, 0.1) is 0 Å². The highest BCUT2D eigenvalue weighted by Crippen LogP contribution is 2.12. The van der Waals surface area contributed by atoms with Gasteiger partial charge in [-0.3, -0.25) is 0 Å². The predicted octanol–water partition coefficient (Wildman–Crippen LogP) is 3.31. The highest BCUT2D eigenvalue weighted by molar-refractivity contribution is 5.47. The third kappa shape index (κ3) is 5.84. The van der Waals surface area contributed by atoms with Crippen molar-refractivity contribution in [3.8, 4) is 0 Å². The van der Waals surface area contributed by atoms with Crippen LogP contribution in [0, 0.1) is 18.8 Å². The van der Waals surface area contributed by atoms with E-state index in [4.69, 9.17) is 0 Å². The fraction of sp³-hybridized carbons (Fsp3) is 0.714. The maximum atomic E-state index is 4.40. The third-order valence-electron chi connectivity index (χ3n) is 2.56. The Bertz CT molecular complexity index is 361. The van der Waals surface area contributed by atoms with Crippen molar-refractivity contribution in [2.75, 3.05) is 23.7 Å². The molecule has 0 bridgehead atoms. The maximum absolute atomic E-state index is 4.40. The summed E-state index contributed by atoms with van der Waals surface area (Å²) in [7, 11) is 0. The van der Waals surface area contributed by atoms with Gasteiger partial charge in [-0.15, -0.1) is 0 Å². The molecule has 1 rings (SSSR count). The Balaban J connectivity index is 2.57. The van der Waals surface area contributed by atoms with Crippen LogP contribution in [-0.2, 0) is 0 Å². The van der Waals surface area contributed by atoms with E-state index in [9.17, 15) is 0 Å². The number of nitrogens with zero attached hydrogens (tertiary/aromatic N) is 2. The molecule has 0 radical (unpaired) electrons. The van der Waals surface area contributed by atoms with Crippen molar-refractivity contribution in [3.05, 3.63) is 11.9 Å². The topological polar surface area (TPSA) is 49.8 Å². The molecule has 0 fully saturated rings. The fourth-order valence-corrected chi connectivity index (χ4v) is 1.55. The quantitative estimate of drug-likeness (QED) is 0.779. The van der Waals surface area contributed by atoms with Gasteiger partial charge in [0, 0.05) is 19.2 Å². The first-order valence-corrected chi connectivity index (χ1v) is 6.80. The van der Waals surface area contributed by atoms with Gasteiger partial charge in [-0.1, -0.05) is 27.7 Å². The Morgan fingerprint density at radius 1 is 1.00 bits per heavy atom. The lowest BCUT2D eigenvalue weighted by molar-refractivity contribution is 0.606. The number of rotatable bonds is 7. The number of anilines is 2. The van der Waals surface area contributed by atoms with Gasteiger partial charge in [0.2, 0.25) is 0 Å². The molecule has 4 nitrogen and oxygen atoms in total. The van der Waals surface area contributed by atoms with Gasteiger partial charge < -0.3 is 10.6 Å². The Labute approximate surface area is 111 Å². The first-order chi connectivity index (χ1) is 8.47. The normalized spacial score (nSPS) is 11.1. The van der Waals surface area contributed by atoms with Crippen LogP contribution in [0.5, 0.6) is 0 Å². The Morgan fingerprint density at radius 2 is 1.61 bits per heavy atom. The van der Waals surface area contributed by atoms with Crippen LogP contribution in [0.25, 0.3) is 0 Å². The highest BCUT2D eigenvalue weighted by Gasteiger charge is 2.02. The standard InChI is InChI=1S/C14H26N4/c1-10(2)6-7-15-13-8-14(16-9-11(3)4)18-12(5)17-13/h8,10-11H,6-7,9H2,1-5H3,(H2,15,16,17,18). The summed E-state index contributed by atoms with van der Waals surface area (Å²) in [5.74, 6) is 3.94. The van der Waals surface area contributed by atoms with E-state index >= 15 is 0 Å². The summed E-state index contributed by atoms with van der Waals surface area (Å²) < 4.78 is 0. The second-order valence-corrected chi connectivity index (χ2v) is 5.57. The predicted molar refractivity (Wildman–Crippen MR) is 78.0 cm³/mol. The molecule has 0 saturated carbocycles. The van der Waals surface area contributed by atoms with Gasteiger partial charge >= 0.3 is 0 Å². The third-order valence-corrected chi connectivity index (χ3v) is 2.56. The smallest absolute Gasteiger partial charge is 0.131 e. The maximum Gasteiger partial charge on any atom is 0.131 e. The molecule has 102 valence electrons. The van der Waals surface area contributed by atoms with Crippen molar-refractivity contribution < 1.29 is 0 Å². The number of aryl methyl sites for hydroxylation is 1. The monoisotopic (exact) mass is 250 g/mol. The number of nitrogens with one attached hydrogen (secondary N) is 2. The first kappa shape index (κ1) is 14.7. The van der Waals surface area contributed by atoms with E-state index in [1.54, 1.807) is 0 Å². The molecular formula is C14H26N4. The van der Waals surface area contributed by atoms with Crippen LogP contribution >= 0.6 is 0 Å². The Kier molecular flexibility index (Phi) is 5.89. The second kappa shape index (κ2) is 7.19. The molecule has 0 aromatic carbocycles. The van der Waals surface area contributed by atoms with Crippen molar-refractivity contribution in [1.29, 1.82) is 0 Å². The van der Waals surface area contributed by atoms with Crippen molar-refractivity contribution in [2.24, 2.45) is 11.8 Å². The zero-order chi connectivity index (χ0) is 13.5. The second-order valence-electron chi connectivity index (χ2n) is 5.57. The van der Waals surface area contributed by atoms with Gasteiger partial charge in [0.25, 0.3) is 0 Å². The fourth-order valence-electron chi connectivity index (χ4n) is 1.55. The zero-order valence-electron chi connectivity index (χ0n) is 12.2. The summed E-state index contributed by atoms with van der Waals surface area (Å²) in [6, 6.07) is 1.98. The molecular weight excluding hydrogens is 224 g/mol. The summed E-state index contributed by atoms with van der Waals surface area (Å²) in [5.41, 5.74) is 0. The van der Waals surface area contributed by atoms with E-state index in [2.05, 4.69) is 48.3 Å². The van der Waals surface area contributed by atoms with Crippen molar-refractivity contribution in [1.82, 2.24) is 9.97 Å². The SMILES string of the molecule is Cc1nc(NCCC(C)C)cc(NCC(C)C)n1. The number of hydrogen-bond donors (Lipinski definition) is 2. The zero-order valence-corrected chi connectivity index (χ0v) is 12.2. The van der Waals surface area contributed by atoms with E-state index in [0.717, 1.165) is 37.0 Å². The van der Waals surface area contributed by atoms with Crippen LogP contribution in [0.15, 0.2) is 6.07 Å². The minimum absolute atomic E-state index is 0.609. The molecule has 1 aromatic rings. The Hall–Kier alpha value is -1.32. The molecule has 0 amide bonds. The molecule has 4 heteroatoms. The summed E-state index contributed by atoms with van der Waals surface area (Å²) >= 11 is 0. The molecule has 0 spiro atoms. The summed E-state index contributed by atoms with van der Waals surface area (Å²) in [6.45, 7) is 12.6. The van der Waals surface area contributed by atoms with Gasteiger partial charge in [-0.25, -0.2) is 9.97 Å². The van der Waals surface area contributed by atoms with E-state index in [1.165, 1.54) is 0 Å². The lowest BCUT2D eigenvalue weighted by Crippen LogP contribution is -2.12. The molecule has 1 heterocycles.